The summed E-state index contributed by atoms with van der Waals surface area (Å²) in [6, 6.07) is 19.0. The SMILES string of the molecule is CC(C)(C)OC(=O)NC1CCN(c2nccn3cnnc23)C1.C[C@H]1CCNC1.Clc1nccn2cnnc12.NC1CCN(c2nccn3cnnc23)C1.O=C(NC1CCN(c2nccn3cnnc23)C1)c1ncn(-c2ccccc2)n1.O=C(O)c1ncn(-c2ccccc2)n1. The topological polar surface area (TPSA) is 386 Å². The van der Waals surface area contributed by atoms with Crippen molar-refractivity contribution in [2.45, 2.75) is 77.1 Å². The Morgan fingerprint density at radius 1 is 0.568 bits per heavy atom. The van der Waals surface area contributed by atoms with Crippen LogP contribution in [-0.4, -0.2) is 207 Å². The van der Waals surface area contributed by atoms with Crippen LogP contribution in [0.4, 0.5) is 22.2 Å². The van der Waals surface area contributed by atoms with E-state index in [-0.39, 0.29) is 41.8 Å². The molecule has 10 aromatic heterocycles. The van der Waals surface area contributed by atoms with Crippen LogP contribution in [-0.2, 0) is 4.74 Å². The van der Waals surface area contributed by atoms with Gasteiger partial charge in [0.1, 0.15) is 43.6 Å². The number of nitrogens with zero attached hydrogens (tertiary/aromatic N) is 25. The summed E-state index contributed by atoms with van der Waals surface area (Å²) in [6.45, 7) is 15.0. The van der Waals surface area contributed by atoms with Crippen LogP contribution in [0.3, 0.4) is 0 Å². The number of para-hydroxylation sites is 2. The van der Waals surface area contributed by atoms with Crippen LogP contribution in [0.25, 0.3) is 34.0 Å². The number of nitrogens with one attached hydrogen (secondary N) is 3. The number of amides is 2. The number of anilines is 3. The monoisotopic (exact) mass is 1310 g/mol. The summed E-state index contributed by atoms with van der Waals surface area (Å²) in [5.41, 5.74) is 9.83. The molecule has 2 amide bonds. The highest BCUT2D eigenvalue weighted by molar-refractivity contribution is 6.32. The van der Waals surface area contributed by atoms with Crippen molar-refractivity contribution in [2.75, 3.05) is 67.1 Å². The molecule has 4 saturated heterocycles. The van der Waals surface area contributed by atoms with Gasteiger partial charge in [-0.1, -0.05) is 54.9 Å². The number of hydrogen-bond donors (Lipinski definition) is 5. The van der Waals surface area contributed by atoms with Gasteiger partial charge in [0.25, 0.3) is 11.7 Å². The summed E-state index contributed by atoms with van der Waals surface area (Å²) in [7, 11) is 0. The van der Waals surface area contributed by atoms with Crippen molar-refractivity contribution in [3.63, 3.8) is 0 Å². The number of carbonyl (C=O) groups is 3. The van der Waals surface area contributed by atoms with Crippen LogP contribution >= 0.6 is 11.6 Å². The maximum atomic E-state index is 12.5. The van der Waals surface area contributed by atoms with Crippen molar-refractivity contribution >= 4 is 69.6 Å². The number of hydrogen-bond acceptors (Lipinski definition) is 25. The van der Waals surface area contributed by atoms with Gasteiger partial charge in [-0.25, -0.2) is 48.9 Å². The fourth-order valence-electron chi connectivity index (χ4n) is 10.4. The highest BCUT2D eigenvalue weighted by Gasteiger charge is 2.30. The second-order valence-electron chi connectivity index (χ2n) is 23.3. The highest BCUT2D eigenvalue weighted by atomic mass is 35.5. The number of ether oxygens (including phenoxy) is 1. The van der Waals surface area contributed by atoms with Crippen LogP contribution in [0.5, 0.6) is 0 Å². The second kappa shape index (κ2) is 30.5. The fraction of sp³-hybridized carbons (Fsp3) is 0.350. The van der Waals surface area contributed by atoms with Gasteiger partial charge < -0.3 is 46.2 Å². The molecule has 12 aromatic rings. The zero-order chi connectivity index (χ0) is 66.3. The Bertz CT molecular complexity index is 4450. The summed E-state index contributed by atoms with van der Waals surface area (Å²) in [4.78, 5) is 66.0. The van der Waals surface area contributed by atoms with Gasteiger partial charge in [0.05, 0.1) is 17.4 Å². The lowest BCUT2D eigenvalue weighted by atomic mass is 10.2. The van der Waals surface area contributed by atoms with Crippen LogP contribution in [0.15, 0.2) is 148 Å². The Hall–Kier alpha value is -11.3. The first-order valence-corrected chi connectivity index (χ1v) is 30.9. The highest BCUT2D eigenvalue weighted by Crippen LogP contribution is 2.25. The summed E-state index contributed by atoms with van der Waals surface area (Å²) in [5.74, 6) is 1.91. The first-order chi connectivity index (χ1) is 46.1. The number of aromatic carboxylic acids is 1. The van der Waals surface area contributed by atoms with E-state index in [4.69, 9.17) is 27.2 Å². The van der Waals surface area contributed by atoms with E-state index in [9.17, 15) is 14.4 Å². The third-order valence-corrected chi connectivity index (χ3v) is 15.3. The molecule has 4 aliphatic heterocycles. The standard InChI is InChI=1S/C18H17N9O.C14H20N6O2.C9H12N6.C9H7N3O2.C5H3ClN4.C5H11N/c28-18(15-20-11-27(24-15)14-4-2-1-3-5-14)22-13-6-8-25(10-13)16-17-23-21-12-26(17)9-7-19-16;1-14(2,3)22-13(21)17-10-4-6-19(8-10)11-12-18-16-9-20(12)7-5-15-11;10-7-1-3-14(5-7)8-9-13-12-6-15(9)4-2-11-8;13-9(14)8-10-6-12(11-8)7-4-2-1-3-5-7;6-4-5-9-8-3-10(5)2-1-7-4;1-5-2-3-6-4-5/h1-5,7,9,11-13H,6,8,10H2,(H,22,28);5,7,9-10H,4,6,8H2,1-3H3,(H,17,21);2,4,6-7H,1,3,5,10H2;1-6H,(H,13,14);1-3H;5-6H,2-4H2,1H3/t;;;;;5-/m.....0/s1. The summed E-state index contributed by atoms with van der Waals surface area (Å²) >= 11 is 5.66. The van der Waals surface area contributed by atoms with Crippen molar-refractivity contribution in [1.29, 1.82) is 0 Å². The van der Waals surface area contributed by atoms with Gasteiger partial charge >= 0.3 is 12.1 Å². The first kappa shape index (κ1) is 65.2. The van der Waals surface area contributed by atoms with Crippen molar-refractivity contribution < 1.29 is 24.2 Å². The molecule has 2 aromatic carbocycles. The number of nitrogens with two attached hydrogens (primary N) is 1. The third-order valence-electron chi connectivity index (χ3n) is 15.0. The number of benzene rings is 2. The number of halogens is 1. The molecule has 0 spiro atoms. The molecule has 14 heterocycles. The average molecular weight is 1310 g/mol. The molecule has 35 heteroatoms. The van der Waals surface area contributed by atoms with Crippen LogP contribution < -0.4 is 36.4 Å². The molecular formula is C60H70ClN29O5. The quantitative estimate of drug-likeness (QED) is 0.136. The molecule has 0 aliphatic carbocycles. The minimum Gasteiger partial charge on any atom is -0.475 e. The van der Waals surface area contributed by atoms with E-state index in [2.05, 4.69) is 118 Å². The summed E-state index contributed by atoms with van der Waals surface area (Å²) < 4.78 is 15.5. The van der Waals surface area contributed by atoms with Crippen molar-refractivity contribution in [3.05, 3.63) is 165 Å². The number of alkyl carbamates (subject to hydrolysis) is 1. The van der Waals surface area contributed by atoms with Crippen molar-refractivity contribution in [2.24, 2.45) is 11.7 Å². The van der Waals surface area contributed by atoms with E-state index in [0.717, 1.165) is 91.5 Å². The van der Waals surface area contributed by atoms with E-state index >= 15 is 0 Å². The van der Waals surface area contributed by atoms with Crippen molar-refractivity contribution in [1.82, 2.24) is 124 Å². The molecule has 492 valence electrons. The zero-order valence-corrected chi connectivity index (χ0v) is 53.1. The molecule has 0 bridgehead atoms. The van der Waals surface area contributed by atoms with Crippen LogP contribution in [0.2, 0.25) is 5.15 Å². The van der Waals surface area contributed by atoms with E-state index < -0.39 is 11.6 Å². The number of rotatable bonds is 9. The predicted molar refractivity (Wildman–Crippen MR) is 347 cm³/mol. The molecular weight excluding hydrogens is 1240 g/mol. The van der Waals surface area contributed by atoms with E-state index in [1.165, 1.54) is 30.5 Å². The summed E-state index contributed by atoms with van der Waals surface area (Å²) in [5, 5.41) is 57.6. The molecule has 34 nitrogen and oxygen atoms in total. The molecule has 0 saturated carbocycles. The number of carbonyl (C=O) groups excluding carboxylic acids is 2. The molecule has 4 fully saturated rings. The molecule has 0 radical (unpaired) electrons. The van der Waals surface area contributed by atoms with Gasteiger partial charge in [0.2, 0.25) is 22.8 Å². The van der Waals surface area contributed by atoms with Gasteiger partial charge in [-0.05, 0) is 89.7 Å². The number of carboxylic acids is 1. The molecule has 95 heavy (non-hydrogen) atoms. The van der Waals surface area contributed by atoms with Gasteiger partial charge in [0, 0.05) is 101 Å². The molecule has 16 rings (SSSR count). The van der Waals surface area contributed by atoms with E-state index in [1.54, 1.807) is 71.7 Å². The number of fused-ring (bicyclic) bond motifs is 4. The Morgan fingerprint density at radius 3 is 1.43 bits per heavy atom. The molecule has 6 N–H and O–H groups in total. The Morgan fingerprint density at radius 2 is 1.01 bits per heavy atom. The van der Waals surface area contributed by atoms with Gasteiger partial charge in [-0.15, -0.1) is 51.0 Å². The Labute approximate surface area is 547 Å². The number of aromatic nitrogens is 22. The largest absolute Gasteiger partial charge is 0.475 e. The second-order valence-corrected chi connectivity index (χ2v) is 23.7. The third kappa shape index (κ3) is 17.1. The lowest BCUT2D eigenvalue weighted by Gasteiger charge is -2.22. The smallest absolute Gasteiger partial charge is 0.407 e. The number of carboxylic acid groups (broad SMARTS) is 1. The van der Waals surface area contributed by atoms with Crippen LogP contribution in [0, 0.1) is 5.92 Å². The maximum Gasteiger partial charge on any atom is 0.407 e. The van der Waals surface area contributed by atoms with E-state index in [0.29, 0.717) is 29.5 Å². The van der Waals surface area contributed by atoms with Crippen LogP contribution in [0.1, 0.15) is 74.6 Å². The Kier molecular flexibility index (Phi) is 20.9. The zero-order valence-electron chi connectivity index (χ0n) is 52.4. The summed E-state index contributed by atoms with van der Waals surface area (Å²) in [6.07, 6.45) is 27.1. The molecule has 4 atom stereocenters. The average Bonchev–Trinajstić information content (AvgIpc) is 1.73. The Balaban J connectivity index is 0.000000123. The normalized spacial score (nSPS) is 17.3. The van der Waals surface area contributed by atoms with E-state index in [1.807, 2.05) is 113 Å². The maximum absolute atomic E-state index is 12.5. The molecule has 4 aliphatic rings. The predicted octanol–water partition coefficient (Wildman–Crippen LogP) is 3.96. The van der Waals surface area contributed by atoms with Gasteiger partial charge in [-0.3, -0.25) is 22.4 Å². The van der Waals surface area contributed by atoms with Gasteiger partial charge in [-0.2, -0.15) is 0 Å². The lowest BCUT2D eigenvalue weighted by Crippen LogP contribution is -2.40. The molecule has 3 unspecified atom stereocenters. The fourth-order valence-corrected chi connectivity index (χ4v) is 10.6. The van der Waals surface area contributed by atoms with Crippen molar-refractivity contribution in [3.8, 4) is 11.4 Å². The van der Waals surface area contributed by atoms with Gasteiger partial charge in [0.15, 0.2) is 28.3 Å². The first-order valence-electron chi connectivity index (χ1n) is 30.5. The lowest BCUT2D eigenvalue weighted by molar-refractivity contribution is 0.0508. The minimum absolute atomic E-state index is 0.0128. The minimum atomic E-state index is -1.13.